The summed E-state index contributed by atoms with van der Waals surface area (Å²) in [7, 11) is 1.57. The van der Waals surface area contributed by atoms with Gasteiger partial charge in [0.05, 0.1) is 6.61 Å². The lowest BCUT2D eigenvalue weighted by Gasteiger charge is -2.32. The first kappa shape index (κ1) is 16.7. The van der Waals surface area contributed by atoms with Crippen LogP contribution in [0.5, 0.6) is 0 Å². The van der Waals surface area contributed by atoms with Crippen LogP contribution < -0.4 is 0 Å². The van der Waals surface area contributed by atoms with Crippen molar-refractivity contribution in [3.63, 3.8) is 0 Å². The molecule has 0 spiro atoms. The molecule has 0 fully saturated rings. The molecule has 1 N–H and O–H groups in total. The number of aliphatic carboxylic acids is 1. The van der Waals surface area contributed by atoms with Crippen molar-refractivity contribution in [1.29, 1.82) is 0 Å². The van der Waals surface area contributed by atoms with Gasteiger partial charge in [-0.15, -0.1) is 0 Å². The lowest BCUT2D eigenvalue weighted by atomic mass is 9.71. The van der Waals surface area contributed by atoms with E-state index in [1.54, 1.807) is 27.0 Å². The fourth-order valence-corrected chi connectivity index (χ4v) is 3.39. The van der Waals surface area contributed by atoms with Crippen LogP contribution >= 0.6 is 15.9 Å². The Morgan fingerprint density at radius 1 is 1.45 bits per heavy atom. The number of esters is 1. The molecule has 0 aromatic carbocycles. The van der Waals surface area contributed by atoms with Crippen LogP contribution in [0.2, 0.25) is 0 Å². The van der Waals surface area contributed by atoms with E-state index in [4.69, 9.17) is 4.74 Å². The van der Waals surface area contributed by atoms with E-state index in [2.05, 4.69) is 15.9 Å². The number of allylic oxidation sites excluding steroid dienone is 1. The zero-order chi connectivity index (χ0) is 16.9. The van der Waals surface area contributed by atoms with E-state index in [1.807, 2.05) is 0 Å². The van der Waals surface area contributed by atoms with Gasteiger partial charge in [0.2, 0.25) is 5.91 Å². The minimum Gasteiger partial charge on any atom is -0.481 e. The number of carbonyl (C=O) groups excluding carboxylic acids is 2. The highest BCUT2D eigenvalue weighted by Crippen LogP contribution is 2.53. The summed E-state index contributed by atoms with van der Waals surface area (Å²) in [6.07, 6.45) is 1.68. The molecule has 0 radical (unpaired) electrons. The predicted molar refractivity (Wildman–Crippen MR) is 81.9 cm³/mol. The van der Waals surface area contributed by atoms with Gasteiger partial charge in [-0.1, -0.05) is 15.9 Å². The molecule has 0 saturated heterocycles. The molecule has 22 heavy (non-hydrogen) atoms. The number of carboxylic acid groups (broad SMARTS) is 1. The molecule has 2 unspecified atom stereocenters. The van der Waals surface area contributed by atoms with E-state index >= 15 is 0 Å². The Bertz CT molecular complexity index is 638. The van der Waals surface area contributed by atoms with Gasteiger partial charge in [-0.05, 0) is 38.8 Å². The minimum atomic E-state index is -1.47. The number of rotatable bonds is 3. The van der Waals surface area contributed by atoms with Crippen LogP contribution in [0.25, 0.3) is 0 Å². The highest BCUT2D eigenvalue weighted by molar-refractivity contribution is 9.11. The SMILES string of the molecule is CCOC(=O)C1(C)C(=O)N(C)C2=C1CC(C)(C(=O)O)C(Br)=C2. The maximum absolute atomic E-state index is 12.6. The average molecular weight is 372 g/mol. The number of hydrogen-bond donors (Lipinski definition) is 1. The second kappa shape index (κ2) is 5.22. The summed E-state index contributed by atoms with van der Waals surface area (Å²) < 4.78 is 5.52. The molecule has 1 heterocycles. The number of amides is 1. The van der Waals surface area contributed by atoms with Crippen LogP contribution in [-0.4, -0.2) is 41.5 Å². The summed E-state index contributed by atoms with van der Waals surface area (Å²) in [6, 6.07) is 0. The fraction of sp³-hybridized carbons (Fsp3) is 0.533. The smallest absolute Gasteiger partial charge is 0.325 e. The lowest BCUT2D eigenvalue weighted by molar-refractivity contribution is -0.159. The monoisotopic (exact) mass is 371 g/mol. The Hall–Kier alpha value is -1.63. The third kappa shape index (κ3) is 2.02. The normalized spacial score (nSPS) is 31.0. The predicted octanol–water partition coefficient (Wildman–Crippen LogP) is 2.06. The Morgan fingerprint density at radius 2 is 2.05 bits per heavy atom. The van der Waals surface area contributed by atoms with Gasteiger partial charge >= 0.3 is 11.9 Å². The van der Waals surface area contributed by atoms with E-state index in [0.717, 1.165) is 0 Å². The molecule has 0 bridgehead atoms. The van der Waals surface area contributed by atoms with E-state index in [9.17, 15) is 19.5 Å². The number of halogens is 1. The Balaban J connectivity index is 2.60. The van der Waals surface area contributed by atoms with Crippen LogP contribution in [0.1, 0.15) is 27.2 Å². The maximum atomic E-state index is 12.6. The Morgan fingerprint density at radius 3 is 2.55 bits per heavy atom. The average Bonchev–Trinajstić information content (AvgIpc) is 2.63. The van der Waals surface area contributed by atoms with Gasteiger partial charge in [0.1, 0.15) is 5.41 Å². The van der Waals surface area contributed by atoms with Crippen molar-refractivity contribution in [2.75, 3.05) is 13.7 Å². The van der Waals surface area contributed by atoms with E-state index in [0.29, 0.717) is 15.8 Å². The third-order valence-electron chi connectivity index (χ3n) is 4.48. The number of carboxylic acids is 1. The summed E-state index contributed by atoms with van der Waals surface area (Å²) in [5.74, 6) is -2.06. The largest absolute Gasteiger partial charge is 0.481 e. The molecule has 0 saturated carbocycles. The molecular formula is C15H18BrNO5. The Kier molecular flexibility index (Phi) is 3.97. The molecule has 1 amide bonds. The number of nitrogens with zero attached hydrogens (tertiary/aromatic N) is 1. The quantitative estimate of drug-likeness (QED) is 0.606. The van der Waals surface area contributed by atoms with E-state index in [1.165, 1.54) is 11.8 Å². The lowest BCUT2D eigenvalue weighted by Crippen LogP contribution is -2.42. The van der Waals surface area contributed by atoms with Gasteiger partial charge in [-0.25, -0.2) is 0 Å². The molecule has 0 aromatic heterocycles. The highest BCUT2D eigenvalue weighted by atomic mass is 79.9. The maximum Gasteiger partial charge on any atom is 0.325 e. The van der Waals surface area contributed by atoms with Gasteiger partial charge in [0, 0.05) is 17.2 Å². The molecule has 1 aliphatic carbocycles. The fourth-order valence-electron chi connectivity index (χ4n) is 2.86. The van der Waals surface area contributed by atoms with Crippen molar-refractivity contribution in [1.82, 2.24) is 4.90 Å². The van der Waals surface area contributed by atoms with Crippen LogP contribution in [-0.2, 0) is 19.1 Å². The summed E-state index contributed by atoms with van der Waals surface area (Å²) in [5.41, 5.74) is -1.63. The number of ether oxygens (including phenoxy) is 1. The second-order valence-electron chi connectivity index (χ2n) is 5.88. The number of hydrogen-bond acceptors (Lipinski definition) is 4. The summed E-state index contributed by atoms with van der Waals surface area (Å²) in [6.45, 7) is 4.89. The molecule has 7 heteroatoms. The molecular weight excluding hydrogens is 354 g/mol. The summed E-state index contributed by atoms with van der Waals surface area (Å²) in [5, 5.41) is 9.52. The van der Waals surface area contributed by atoms with Gasteiger partial charge in [0.15, 0.2) is 5.41 Å². The van der Waals surface area contributed by atoms with Crippen molar-refractivity contribution in [3.05, 3.63) is 21.8 Å². The molecule has 1 aliphatic heterocycles. The molecule has 2 aliphatic rings. The molecule has 2 rings (SSSR count). The molecule has 0 aromatic rings. The van der Waals surface area contributed by atoms with Gasteiger partial charge in [-0.3, -0.25) is 14.4 Å². The first-order valence-corrected chi connectivity index (χ1v) is 7.70. The van der Waals surface area contributed by atoms with E-state index in [-0.39, 0.29) is 13.0 Å². The first-order chi connectivity index (χ1) is 10.1. The summed E-state index contributed by atoms with van der Waals surface area (Å²) in [4.78, 5) is 38.0. The van der Waals surface area contributed by atoms with Crippen LogP contribution in [0, 0.1) is 10.8 Å². The second-order valence-corrected chi connectivity index (χ2v) is 6.73. The third-order valence-corrected chi connectivity index (χ3v) is 5.59. The van der Waals surface area contributed by atoms with E-state index < -0.39 is 28.7 Å². The first-order valence-electron chi connectivity index (χ1n) is 6.90. The van der Waals surface area contributed by atoms with Gasteiger partial charge in [0.25, 0.3) is 0 Å². The van der Waals surface area contributed by atoms with Crippen molar-refractivity contribution in [2.45, 2.75) is 27.2 Å². The van der Waals surface area contributed by atoms with Crippen LogP contribution in [0.3, 0.4) is 0 Å². The van der Waals surface area contributed by atoms with Crippen LogP contribution in [0.15, 0.2) is 21.8 Å². The van der Waals surface area contributed by atoms with Crippen LogP contribution in [0.4, 0.5) is 0 Å². The van der Waals surface area contributed by atoms with Crippen molar-refractivity contribution in [3.8, 4) is 0 Å². The topological polar surface area (TPSA) is 83.9 Å². The standard InChI is InChI=1S/C15H18BrNO5/c1-5-22-13(21)15(3)8-7-14(2,12(19)20)10(16)6-9(8)17(4)11(15)18/h6H,5,7H2,1-4H3,(H,19,20). The van der Waals surface area contributed by atoms with Gasteiger partial charge < -0.3 is 14.7 Å². The highest BCUT2D eigenvalue weighted by Gasteiger charge is 2.58. The van der Waals surface area contributed by atoms with Crippen molar-refractivity contribution in [2.24, 2.45) is 10.8 Å². The van der Waals surface area contributed by atoms with Crippen molar-refractivity contribution < 1.29 is 24.2 Å². The molecule has 120 valence electrons. The van der Waals surface area contributed by atoms with Crippen molar-refractivity contribution >= 4 is 33.8 Å². The number of likely N-dealkylation sites (N-methyl/N-ethyl adjacent to an activating group) is 1. The van der Waals surface area contributed by atoms with Gasteiger partial charge in [-0.2, -0.15) is 0 Å². The molecule has 2 atom stereocenters. The zero-order valence-electron chi connectivity index (χ0n) is 12.9. The number of carbonyl (C=O) groups is 3. The molecule has 6 nitrogen and oxygen atoms in total. The Labute approximate surface area is 136 Å². The zero-order valence-corrected chi connectivity index (χ0v) is 14.5. The summed E-state index contributed by atoms with van der Waals surface area (Å²) >= 11 is 3.29. The minimum absolute atomic E-state index is 0.0696.